The molecular weight excluding hydrogens is 1830 g/mol. The number of β-amino-alcohol motifs (C(OH)–C–C–N with tert-alkyl or cyclic N) is 2. The van der Waals surface area contributed by atoms with E-state index >= 15 is 0 Å². The van der Waals surface area contributed by atoms with Crippen molar-refractivity contribution in [1.82, 2.24) is 41.0 Å². The summed E-state index contributed by atoms with van der Waals surface area (Å²) in [7, 11) is 0. The maximum absolute atomic E-state index is 14.0. The first-order valence-corrected chi connectivity index (χ1v) is 47.9. The Morgan fingerprint density at radius 1 is 0.471 bits per heavy atom. The average Bonchev–Trinajstić information content (AvgIpc) is 1.63. The summed E-state index contributed by atoms with van der Waals surface area (Å²) >= 11 is 3.13. The number of anilines is 2. The Morgan fingerprint density at radius 2 is 0.821 bits per heavy atom. The lowest BCUT2D eigenvalue weighted by Gasteiger charge is -2.35. The van der Waals surface area contributed by atoms with Gasteiger partial charge in [-0.2, -0.15) is 0 Å². The minimum Gasteiger partial charge on any atom is -0.491 e. The minimum absolute atomic E-state index is 0.0108. The number of allylic oxidation sites excluding steroid dienone is 4. The SMILES string of the molecule is Cc1ncsc1-c1ccc([C@H](C)NC(=O)[C@@H]2C[C@@H](O)CN2C(=O)[C@@H](NC(=O)COCCOCCOc2ccc(CN3C(=O)/C(=C/C=C/c4ccc([N+](=O)[O-])cc4)c4ccccc43)cc2)C(C)(C)C)cc1.Cc1ncsc1-c1ccc([C@H](C)NC(=O)[C@@H]2C[C@@H](O)CN2C(=O)[C@@H](NC(=O)COCCOCCOc2ccc(CN3C(=O)/C(=C\C=C\c4ccc([N+](=O)[O-])cc4)c4ccccc43)cc2)C(C)(C)C)cc1. The zero-order chi connectivity index (χ0) is 99.9. The largest absolute Gasteiger partial charge is 0.491 e. The van der Waals surface area contributed by atoms with E-state index in [1.165, 1.54) is 34.1 Å². The number of ether oxygens (including phenoxy) is 6. The number of para-hydroxylation sites is 2. The van der Waals surface area contributed by atoms with Gasteiger partial charge < -0.3 is 79.5 Å². The second-order valence-electron chi connectivity index (χ2n) is 36.5. The number of nitrogens with zero attached hydrogens (tertiary/aromatic N) is 8. The number of fused-ring (bicyclic) bond motifs is 2. The van der Waals surface area contributed by atoms with Gasteiger partial charge in [0.15, 0.2) is 0 Å². The lowest BCUT2D eigenvalue weighted by Crippen LogP contribution is -2.58. The number of hydrogen-bond acceptors (Lipinski definition) is 24. The van der Waals surface area contributed by atoms with Crippen molar-refractivity contribution in [2.45, 2.75) is 144 Å². The van der Waals surface area contributed by atoms with Crippen LogP contribution in [0.5, 0.6) is 11.5 Å². The predicted octanol–water partition coefficient (Wildman–Crippen LogP) is 14.9. The summed E-state index contributed by atoms with van der Waals surface area (Å²) < 4.78 is 34.1. The Kier molecular flexibility index (Phi) is 35.4. The molecule has 4 aliphatic heterocycles. The number of hydrogen-bond donors (Lipinski definition) is 6. The van der Waals surface area contributed by atoms with Gasteiger partial charge in [-0.25, -0.2) is 9.97 Å². The average molecular weight is 1940 g/mol. The molecule has 10 aromatic rings. The number of aliphatic hydroxyl groups is 2. The minimum atomic E-state index is -0.992. The third kappa shape index (κ3) is 27.3. The Bertz CT molecular complexity index is 5800. The quantitative estimate of drug-likeness (QED) is 0.00899. The first kappa shape index (κ1) is 103. The molecule has 8 amide bonds. The van der Waals surface area contributed by atoms with Gasteiger partial charge in [-0.3, -0.25) is 58.6 Å². The van der Waals surface area contributed by atoms with Crippen molar-refractivity contribution in [3.05, 3.63) is 306 Å². The van der Waals surface area contributed by atoms with Crippen molar-refractivity contribution in [2.24, 2.45) is 10.8 Å². The van der Waals surface area contributed by atoms with Gasteiger partial charge in [-0.15, -0.1) is 22.7 Å². The molecular formula is C106H116N12O20S2. The van der Waals surface area contributed by atoms with Crippen LogP contribution in [-0.2, 0) is 70.4 Å². The Balaban J connectivity index is 0.000000236. The number of aryl methyl sites for hydroxylation is 2. The molecule has 732 valence electrons. The topological polar surface area (TPSA) is 406 Å². The molecule has 0 saturated carbocycles. The van der Waals surface area contributed by atoms with Crippen molar-refractivity contribution in [3.63, 3.8) is 0 Å². The van der Waals surface area contributed by atoms with E-state index in [0.717, 1.165) is 88.2 Å². The monoisotopic (exact) mass is 1940 g/mol. The summed E-state index contributed by atoms with van der Waals surface area (Å²) in [6.07, 6.45) is 9.00. The van der Waals surface area contributed by atoms with Crippen LogP contribution in [0.3, 0.4) is 0 Å². The van der Waals surface area contributed by atoms with Gasteiger partial charge >= 0.3 is 0 Å². The fourth-order valence-electron chi connectivity index (χ4n) is 16.6. The van der Waals surface area contributed by atoms with Gasteiger partial charge in [0.05, 0.1) is 130 Å². The number of nitro groups is 2. The molecule has 0 bridgehead atoms. The molecule has 14 rings (SSSR count). The lowest BCUT2D eigenvalue weighted by atomic mass is 9.85. The van der Waals surface area contributed by atoms with Crippen molar-refractivity contribution in [3.8, 4) is 32.4 Å². The van der Waals surface area contributed by atoms with Gasteiger partial charge in [0.1, 0.15) is 62.1 Å². The van der Waals surface area contributed by atoms with Gasteiger partial charge in [0.2, 0.25) is 35.4 Å². The first-order valence-electron chi connectivity index (χ1n) is 46.1. The van der Waals surface area contributed by atoms with Crippen LogP contribution in [0.2, 0.25) is 0 Å². The number of non-ortho nitro benzene ring substituents is 2. The van der Waals surface area contributed by atoms with Crippen molar-refractivity contribution in [2.75, 3.05) is 89.0 Å². The van der Waals surface area contributed by atoms with Crippen LogP contribution in [0.15, 0.2) is 229 Å². The number of carbonyl (C=O) groups is 8. The standard InChI is InChI=1S/2C53H58N6O10S/c2*1-34(38-17-19-39(20-18-38)48-35(2)54-33-70-48)55-50(62)46-29-41(60)31-58(46)52(64)49(53(3,4)5)56-47(61)32-68-26-25-67-27-28-69-42-23-15-37(16-24-42)30-57-45-12-7-6-10-43(45)44(51(57)63)11-8-9-36-13-21-40(22-14-36)59(65)66/h2*6-24,33-34,41,46,49,60H,25-32H2,1-5H3,(H,55,62)(H,56,61)/b9-8+,44-11+;9-8+,44-11-/t2*34-,41+,46-,49+/m00/s1. The number of amides is 8. The number of carbonyl (C=O) groups excluding carboxylic acids is 8. The van der Waals surface area contributed by atoms with E-state index in [4.69, 9.17) is 28.4 Å². The molecule has 8 aromatic carbocycles. The van der Waals surface area contributed by atoms with E-state index in [2.05, 4.69) is 31.2 Å². The van der Waals surface area contributed by atoms with Gasteiger partial charge in [0, 0.05) is 72.5 Å². The van der Waals surface area contributed by atoms with Crippen molar-refractivity contribution < 1.29 is 86.8 Å². The zero-order valence-corrected chi connectivity index (χ0v) is 81.3. The Hall–Kier alpha value is -14.1. The molecule has 2 saturated heterocycles. The Labute approximate surface area is 820 Å². The molecule has 4 aliphatic rings. The highest BCUT2D eigenvalue weighted by atomic mass is 32.1. The molecule has 8 atom stereocenters. The lowest BCUT2D eigenvalue weighted by molar-refractivity contribution is -0.385. The summed E-state index contributed by atoms with van der Waals surface area (Å²) in [6.45, 7) is 20.3. The van der Waals surface area contributed by atoms with E-state index < -0.39 is 80.7 Å². The zero-order valence-electron chi connectivity index (χ0n) is 79.7. The van der Waals surface area contributed by atoms with Gasteiger partial charge in [-0.05, 0) is 156 Å². The molecule has 0 unspecified atom stereocenters. The number of aromatic nitrogens is 2. The van der Waals surface area contributed by atoms with Crippen LogP contribution in [0.4, 0.5) is 22.7 Å². The van der Waals surface area contributed by atoms with E-state index in [-0.39, 0.29) is 139 Å². The van der Waals surface area contributed by atoms with Crippen LogP contribution >= 0.6 is 22.7 Å². The fourth-order valence-corrected chi connectivity index (χ4v) is 18.2. The number of benzene rings is 8. The van der Waals surface area contributed by atoms with Crippen LogP contribution < -0.4 is 40.5 Å². The number of nitrogens with one attached hydrogen (secondary N) is 4. The summed E-state index contributed by atoms with van der Waals surface area (Å²) in [4.78, 5) is 147. The van der Waals surface area contributed by atoms with Crippen LogP contribution in [0, 0.1) is 44.9 Å². The van der Waals surface area contributed by atoms with Crippen LogP contribution in [0.1, 0.15) is 136 Å². The third-order valence-electron chi connectivity index (χ3n) is 24.1. The molecule has 6 heterocycles. The fraction of sp³-hybridized carbons (Fsp3) is 0.340. The van der Waals surface area contributed by atoms with Crippen molar-refractivity contribution in [1.29, 1.82) is 0 Å². The molecule has 0 aliphatic carbocycles. The maximum Gasteiger partial charge on any atom is 0.269 e. The number of rotatable bonds is 40. The first-order chi connectivity index (χ1) is 67.1. The molecule has 6 N–H and O–H groups in total. The summed E-state index contributed by atoms with van der Waals surface area (Å²) in [5.74, 6) is -1.72. The number of likely N-dealkylation sites (tertiary alicyclic amines) is 2. The number of aliphatic hydroxyl groups excluding tert-OH is 2. The number of nitro benzene ring substituents is 2. The molecule has 32 nitrogen and oxygen atoms in total. The molecule has 140 heavy (non-hydrogen) atoms. The molecule has 0 spiro atoms. The molecule has 2 aromatic heterocycles. The van der Waals surface area contributed by atoms with Gasteiger partial charge in [0.25, 0.3) is 23.2 Å². The summed E-state index contributed by atoms with van der Waals surface area (Å²) in [6, 6.07) is 53.7. The highest BCUT2D eigenvalue weighted by Gasteiger charge is 2.47. The van der Waals surface area contributed by atoms with E-state index in [1.807, 2.05) is 226 Å². The maximum atomic E-state index is 14.0. The summed E-state index contributed by atoms with van der Waals surface area (Å²) in [5, 5.41) is 54.8. The third-order valence-corrected chi connectivity index (χ3v) is 26.0. The van der Waals surface area contributed by atoms with Crippen LogP contribution in [0.25, 0.3) is 44.2 Å². The highest BCUT2D eigenvalue weighted by molar-refractivity contribution is 7.13. The molecule has 34 heteroatoms. The Morgan fingerprint density at radius 3 is 1.16 bits per heavy atom. The molecule has 2 fully saturated rings. The highest BCUT2D eigenvalue weighted by Crippen LogP contribution is 2.41. The smallest absolute Gasteiger partial charge is 0.269 e. The van der Waals surface area contributed by atoms with E-state index in [0.29, 0.717) is 35.7 Å². The molecule has 0 radical (unpaired) electrons. The predicted molar refractivity (Wildman–Crippen MR) is 535 cm³/mol. The normalized spacial score (nSPS) is 17.2. The second kappa shape index (κ2) is 48.0. The number of thiazole rings is 2. The van der Waals surface area contributed by atoms with Gasteiger partial charge in [-0.1, -0.05) is 175 Å². The van der Waals surface area contributed by atoms with Crippen LogP contribution in [-0.4, -0.2) is 203 Å². The van der Waals surface area contributed by atoms with Crippen molar-refractivity contribution >= 4 is 116 Å². The van der Waals surface area contributed by atoms with E-state index in [1.54, 1.807) is 93.2 Å². The van der Waals surface area contributed by atoms with E-state index in [9.17, 15) is 68.8 Å². The second-order valence-corrected chi connectivity index (χ2v) is 38.2. The summed E-state index contributed by atoms with van der Waals surface area (Å²) in [5.41, 5.74) is 15.6.